The summed E-state index contributed by atoms with van der Waals surface area (Å²) in [5.74, 6) is -0.509. The van der Waals surface area contributed by atoms with Crippen molar-refractivity contribution in [3.63, 3.8) is 0 Å². The highest BCUT2D eigenvalue weighted by atomic mass is 19.4. The monoisotopic (exact) mass is 413 g/mol. The Morgan fingerprint density at radius 3 is 2.45 bits per heavy atom. The van der Waals surface area contributed by atoms with Crippen molar-refractivity contribution in [2.24, 2.45) is 22.6 Å². The van der Waals surface area contributed by atoms with Crippen molar-refractivity contribution in [3.05, 3.63) is 23.4 Å². The second kappa shape index (κ2) is 9.13. The number of carbonyl (C=O) groups excluding carboxylic acids is 1. The van der Waals surface area contributed by atoms with E-state index in [1.807, 2.05) is 20.8 Å². The Bertz CT molecular complexity index is 756. The van der Waals surface area contributed by atoms with E-state index in [4.69, 9.17) is 10.5 Å². The van der Waals surface area contributed by atoms with Gasteiger partial charge in [0.05, 0.1) is 12.3 Å². The van der Waals surface area contributed by atoms with Crippen molar-refractivity contribution in [3.8, 4) is 5.88 Å². The van der Waals surface area contributed by atoms with Crippen LogP contribution in [0.4, 0.5) is 13.2 Å². The fourth-order valence-electron chi connectivity index (χ4n) is 3.55. The van der Waals surface area contributed by atoms with Gasteiger partial charge in [0, 0.05) is 17.5 Å². The maximum atomic E-state index is 13.7. The first-order valence-electron chi connectivity index (χ1n) is 10.1. The second-order valence-electron chi connectivity index (χ2n) is 8.01. The third-order valence-corrected chi connectivity index (χ3v) is 5.16. The fourth-order valence-corrected chi connectivity index (χ4v) is 3.55. The van der Waals surface area contributed by atoms with Crippen LogP contribution in [0.15, 0.2) is 17.1 Å². The van der Waals surface area contributed by atoms with Gasteiger partial charge in [-0.15, -0.1) is 0 Å². The van der Waals surface area contributed by atoms with Crippen molar-refractivity contribution in [2.75, 3.05) is 6.61 Å². The molecule has 1 aliphatic carbocycles. The van der Waals surface area contributed by atoms with Crippen LogP contribution in [0, 0.1) is 11.8 Å². The Balaban J connectivity index is 2.44. The van der Waals surface area contributed by atoms with Gasteiger partial charge in [0.1, 0.15) is 11.3 Å². The molecule has 1 saturated carbocycles. The number of nitrogens with two attached hydrogens (primary N) is 1. The zero-order chi connectivity index (χ0) is 21.8. The molecular weight excluding hydrogens is 383 g/mol. The molecule has 0 unspecified atom stereocenters. The molecule has 1 aromatic heterocycles. The smallest absolute Gasteiger partial charge is 0.399 e. The number of hydrogen-bond donors (Lipinski definition) is 1. The highest BCUT2D eigenvalue weighted by Crippen LogP contribution is 2.59. The summed E-state index contributed by atoms with van der Waals surface area (Å²) in [6, 6.07) is 2.88. The van der Waals surface area contributed by atoms with Crippen LogP contribution in [-0.4, -0.2) is 29.5 Å². The first-order chi connectivity index (χ1) is 13.6. The zero-order valence-corrected chi connectivity index (χ0v) is 17.5. The van der Waals surface area contributed by atoms with Crippen LogP contribution in [0.3, 0.4) is 0 Å². The lowest BCUT2D eigenvalue weighted by molar-refractivity contribution is -0.161. The largest absolute Gasteiger partial charge is 0.478 e. The van der Waals surface area contributed by atoms with Gasteiger partial charge in [-0.3, -0.25) is 4.79 Å². The molecule has 0 bridgehead atoms. The average Bonchev–Trinajstić information content (AvgIpc) is 3.43. The number of aliphatic imine (C=N–C) groups is 1. The van der Waals surface area contributed by atoms with Crippen molar-refractivity contribution in [1.29, 1.82) is 0 Å². The van der Waals surface area contributed by atoms with Crippen LogP contribution in [0.25, 0.3) is 0 Å². The number of aromatic nitrogens is 1. The molecule has 0 aromatic carbocycles. The van der Waals surface area contributed by atoms with E-state index in [9.17, 15) is 18.0 Å². The number of pyridine rings is 1. The lowest BCUT2D eigenvalue weighted by Gasteiger charge is -2.22. The number of halogens is 3. The van der Waals surface area contributed by atoms with Crippen LogP contribution in [-0.2, 0) is 10.2 Å². The van der Waals surface area contributed by atoms with Crippen LogP contribution >= 0.6 is 0 Å². The number of rotatable bonds is 9. The number of carbonyl (C=O) groups is 1. The highest BCUT2D eigenvalue weighted by Gasteiger charge is 2.66. The lowest BCUT2D eigenvalue weighted by atomic mass is 9.92. The van der Waals surface area contributed by atoms with Gasteiger partial charge in [0.2, 0.25) is 5.88 Å². The van der Waals surface area contributed by atoms with E-state index in [1.165, 1.54) is 12.1 Å². The Kier molecular flexibility index (Phi) is 7.30. The third-order valence-electron chi connectivity index (χ3n) is 5.16. The van der Waals surface area contributed by atoms with E-state index in [-0.39, 0.29) is 48.3 Å². The minimum atomic E-state index is -4.47. The predicted octanol–water partition coefficient (Wildman–Crippen LogP) is 4.77. The van der Waals surface area contributed by atoms with E-state index in [0.29, 0.717) is 18.8 Å². The first kappa shape index (κ1) is 23.2. The van der Waals surface area contributed by atoms with Gasteiger partial charge in [-0.2, -0.15) is 18.2 Å². The molecule has 162 valence electrons. The molecule has 5 nitrogen and oxygen atoms in total. The topological polar surface area (TPSA) is 77.6 Å². The molecule has 0 spiro atoms. The Hall–Kier alpha value is -2.12. The zero-order valence-electron chi connectivity index (χ0n) is 17.5. The quantitative estimate of drug-likeness (QED) is 0.467. The molecule has 1 amide bonds. The van der Waals surface area contributed by atoms with Gasteiger partial charge in [-0.05, 0) is 44.6 Å². The summed E-state index contributed by atoms with van der Waals surface area (Å²) in [5.41, 5.74) is 3.82. The number of hydrogen-bond acceptors (Lipinski definition) is 3. The van der Waals surface area contributed by atoms with Gasteiger partial charge in [-0.1, -0.05) is 27.2 Å². The number of nitrogens with zero attached hydrogens (tertiary/aromatic N) is 2. The Morgan fingerprint density at radius 1 is 1.31 bits per heavy atom. The summed E-state index contributed by atoms with van der Waals surface area (Å²) >= 11 is 0. The summed E-state index contributed by atoms with van der Waals surface area (Å²) < 4.78 is 46.5. The molecule has 1 atom stereocenters. The number of amides is 1. The third kappa shape index (κ3) is 5.28. The van der Waals surface area contributed by atoms with Gasteiger partial charge >= 0.3 is 6.18 Å². The minimum Gasteiger partial charge on any atom is -0.478 e. The molecule has 1 aliphatic rings. The molecule has 1 heterocycles. The predicted molar refractivity (Wildman–Crippen MR) is 106 cm³/mol. The minimum absolute atomic E-state index is 0.0522. The number of alkyl halides is 3. The Labute approximate surface area is 169 Å². The normalized spacial score (nSPS) is 17.3. The molecule has 1 fully saturated rings. The number of ether oxygens (including phenoxy) is 1. The van der Waals surface area contributed by atoms with Crippen LogP contribution in [0.1, 0.15) is 71.1 Å². The summed E-state index contributed by atoms with van der Waals surface area (Å²) in [6.07, 6.45) is -2.48. The molecule has 0 radical (unpaired) electrons. The number of amidine groups is 1. The molecule has 0 aliphatic heterocycles. The molecule has 1 aromatic rings. The second-order valence-corrected chi connectivity index (χ2v) is 8.01. The van der Waals surface area contributed by atoms with Crippen LogP contribution < -0.4 is 10.5 Å². The van der Waals surface area contributed by atoms with E-state index in [0.717, 1.165) is 6.42 Å². The molecule has 2 rings (SSSR count). The first-order valence-corrected chi connectivity index (χ1v) is 10.1. The lowest BCUT2D eigenvalue weighted by Crippen LogP contribution is -2.33. The van der Waals surface area contributed by atoms with Crippen LogP contribution in [0.5, 0.6) is 5.88 Å². The SMILES string of the molecule is CCC[C@@H](CC(C)C)C(=O)N=C(N)c1ccc(OCC)nc1C1(C(F)(F)F)CC1. The standard InChI is InChI=1S/C21H30F3N3O2/c1-5-7-14(12-13(3)4)19(28)27-18(25)15-8-9-16(29-6-2)26-17(15)20(10-11-20)21(22,23)24/h8-9,13-14H,5-7,10-12H2,1-4H3,(H2,25,27,28)/t14-/m0/s1. The highest BCUT2D eigenvalue weighted by molar-refractivity contribution is 6.05. The van der Waals surface area contributed by atoms with Gasteiger partial charge in [0.15, 0.2) is 0 Å². The maximum Gasteiger partial charge on any atom is 0.399 e. The van der Waals surface area contributed by atoms with Crippen molar-refractivity contribution < 1.29 is 22.7 Å². The molecule has 0 saturated heterocycles. The van der Waals surface area contributed by atoms with E-state index in [1.54, 1.807) is 6.92 Å². The fraction of sp³-hybridized carbons (Fsp3) is 0.667. The summed E-state index contributed by atoms with van der Waals surface area (Å²) in [7, 11) is 0. The van der Waals surface area contributed by atoms with Gasteiger partial charge in [0.25, 0.3) is 5.91 Å². The van der Waals surface area contributed by atoms with E-state index in [2.05, 4.69) is 9.98 Å². The van der Waals surface area contributed by atoms with Gasteiger partial charge in [-0.25, -0.2) is 4.98 Å². The summed E-state index contributed by atoms with van der Waals surface area (Å²) in [6.45, 7) is 8.00. The average molecular weight is 413 g/mol. The molecule has 29 heavy (non-hydrogen) atoms. The summed E-state index contributed by atoms with van der Waals surface area (Å²) in [4.78, 5) is 20.8. The molecule has 2 N–H and O–H groups in total. The van der Waals surface area contributed by atoms with E-state index >= 15 is 0 Å². The van der Waals surface area contributed by atoms with E-state index < -0.39 is 17.5 Å². The van der Waals surface area contributed by atoms with Crippen molar-refractivity contribution >= 4 is 11.7 Å². The van der Waals surface area contributed by atoms with Crippen molar-refractivity contribution in [2.45, 2.75) is 71.4 Å². The molecular formula is C21H30F3N3O2. The summed E-state index contributed by atoms with van der Waals surface area (Å²) in [5, 5.41) is 0. The van der Waals surface area contributed by atoms with Crippen molar-refractivity contribution in [1.82, 2.24) is 4.98 Å². The Morgan fingerprint density at radius 2 is 1.97 bits per heavy atom. The van der Waals surface area contributed by atoms with Gasteiger partial charge < -0.3 is 10.5 Å². The van der Waals surface area contributed by atoms with Crippen LogP contribution in [0.2, 0.25) is 0 Å². The maximum absolute atomic E-state index is 13.7. The molecule has 8 heteroatoms.